The van der Waals surface area contributed by atoms with E-state index < -0.39 is 11.1 Å². The van der Waals surface area contributed by atoms with E-state index in [4.69, 9.17) is 5.73 Å². The van der Waals surface area contributed by atoms with Crippen LogP contribution in [-0.4, -0.2) is 40.1 Å². The van der Waals surface area contributed by atoms with Gasteiger partial charge >= 0.3 is 0 Å². The maximum absolute atomic E-state index is 11.9. The molecule has 80 valence electrons. The molecule has 1 unspecified atom stereocenters. The molecule has 14 heavy (non-hydrogen) atoms. The lowest BCUT2D eigenvalue weighted by Gasteiger charge is -2.39. The highest BCUT2D eigenvalue weighted by molar-refractivity contribution is 5.87. The van der Waals surface area contributed by atoms with Crippen LogP contribution in [0.5, 0.6) is 0 Å². The number of carbonyl (C=O) groups is 1. The van der Waals surface area contributed by atoms with E-state index in [1.807, 2.05) is 0 Å². The summed E-state index contributed by atoms with van der Waals surface area (Å²) < 4.78 is 0. The van der Waals surface area contributed by atoms with Crippen molar-refractivity contribution >= 4 is 5.91 Å². The summed E-state index contributed by atoms with van der Waals surface area (Å²) in [6.45, 7) is 2.85. The standard InChI is InChI=1S/C10H18N2O2/c1-9(14)5-6-12(7-9)8(13)10(11)3-2-4-10/h14H,2-7,11H2,1H3. The van der Waals surface area contributed by atoms with Crippen molar-refractivity contribution < 1.29 is 9.90 Å². The molecule has 0 spiro atoms. The fourth-order valence-corrected chi connectivity index (χ4v) is 2.20. The molecule has 1 aliphatic heterocycles. The number of hydrogen-bond donors (Lipinski definition) is 2. The lowest BCUT2D eigenvalue weighted by atomic mass is 9.76. The first-order valence-electron chi connectivity index (χ1n) is 5.24. The summed E-state index contributed by atoms with van der Waals surface area (Å²) in [7, 11) is 0. The van der Waals surface area contributed by atoms with Crippen molar-refractivity contribution in [3.8, 4) is 0 Å². The first kappa shape index (κ1) is 9.93. The zero-order valence-corrected chi connectivity index (χ0v) is 8.62. The quantitative estimate of drug-likeness (QED) is 0.616. The van der Waals surface area contributed by atoms with Crippen LogP contribution >= 0.6 is 0 Å². The molecule has 2 fully saturated rings. The topological polar surface area (TPSA) is 66.6 Å². The Hall–Kier alpha value is -0.610. The van der Waals surface area contributed by atoms with Gasteiger partial charge in [0, 0.05) is 13.1 Å². The summed E-state index contributed by atoms with van der Waals surface area (Å²) in [5.74, 6) is 0.0292. The molecule has 0 aromatic carbocycles. The van der Waals surface area contributed by atoms with Gasteiger partial charge in [-0.3, -0.25) is 4.79 Å². The minimum Gasteiger partial charge on any atom is -0.388 e. The molecule has 2 aliphatic rings. The molecule has 3 N–H and O–H groups in total. The van der Waals surface area contributed by atoms with Crippen LogP contribution in [0.2, 0.25) is 0 Å². The molecule has 4 nitrogen and oxygen atoms in total. The molecule has 1 saturated heterocycles. The number of aliphatic hydroxyl groups is 1. The largest absolute Gasteiger partial charge is 0.388 e. The van der Waals surface area contributed by atoms with E-state index in [9.17, 15) is 9.90 Å². The lowest BCUT2D eigenvalue weighted by molar-refractivity contribution is -0.139. The van der Waals surface area contributed by atoms with Gasteiger partial charge in [-0.1, -0.05) is 0 Å². The van der Waals surface area contributed by atoms with Crippen molar-refractivity contribution in [2.45, 2.75) is 43.7 Å². The fourth-order valence-electron chi connectivity index (χ4n) is 2.20. The molecule has 0 bridgehead atoms. The van der Waals surface area contributed by atoms with Crippen LogP contribution in [0, 0.1) is 0 Å². The Morgan fingerprint density at radius 1 is 1.43 bits per heavy atom. The van der Waals surface area contributed by atoms with Gasteiger partial charge in [0.25, 0.3) is 0 Å². The number of nitrogens with two attached hydrogens (primary N) is 1. The van der Waals surface area contributed by atoms with Crippen molar-refractivity contribution in [1.29, 1.82) is 0 Å². The van der Waals surface area contributed by atoms with Gasteiger partial charge in [-0.2, -0.15) is 0 Å². The highest BCUT2D eigenvalue weighted by atomic mass is 16.3. The summed E-state index contributed by atoms with van der Waals surface area (Å²) in [6, 6.07) is 0. The van der Waals surface area contributed by atoms with Crippen LogP contribution in [0.4, 0.5) is 0 Å². The maximum atomic E-state index is 11.9. The molecule has 1 atom stereocenters. The van der Waals surface area contributed by atoms with E-state index in [0.717, 1.165) is 19.3 Å². The van der Waals surface area contributed by atoms with Crippen LogP contribution in [0.15, 0.2) is 0 Å². The Morgan fingerprint density at radius 3 is 2.43 bits per heavy atom. The van der Waals surface area contributed by atoms with E-state index in [2.05, 4.69) is 0 Å². The van der Waals surface area contributed by atoms with E-state index in [1.54, 1.807) is 11.8 Å². The van der Waals surface area contributed by atoms with Gasteiger partial charge in [0.15, 0.2) is 0 Å². The molecule has 0 aromatic heterocycles. The predicted molar refractivity (Wildman–Crippen MR) is 52.6 cm³/mol. The Bertz CT molecular complexity index is 259. The summed E-state index contributed by atoms with van der Waals surface area (Å²) in [5.41, 5.74) is 4.62. The van der Waals surface area contributed by atoms with Crippen molar-refractivity contribution in [2.75, 3.05) is 13.1 Å². The number of amides is 1. The summed E-state index contributed by atoms with van der Waals surface area (Å²) >= 11 is 0. The van der Waals surface area contributed by atoms with Gasteiger partial charge < -0.3 is 15.7 Å². The van der Waals surface area contributed by atoms with Gasteiger partial charge in [0.05, 0.1) is 11.1 Å². The first-order chi connectivity index (χ1) is 6.43. The number of hydrogen-bond acceptors (Lipinski definition) is 3. The van der Waals surface area contributed by atoms with Crippen molar-refractivity contribution in [3.63, 3.8) is 0 Å². The van der Waals surface area contributed by atoms with Crippen LogP contribution in [0.1, 0.15) is 32.6 Å². The molecular formula is C10H18N2O2. The predicted octanol–water partition coefficient (Wildman–Crippen LogP) is -0.149. The second-order valence-corrected chi connectivity index (χ2v) is 4.98. The zero-order chi connectivity index (χ0) is 10.4. The summed E-state index contributed by atoms with van der Waals surface area (Å²) in [4.78, 5) is 13.6. The Morgan fingerprint density at radius 2 is 2.07 bits per heavy atom. The second kappa shape index (κ2) is 2.94. The highest BCUT2D eigenvalue weighted by Gasteiger charge is 2.45. The van der Waals surface area contributed by atoms with E-state index in [-0.39, 0.29) is 5.91 Å². The first-order valence-corrected chi connectivity index (χ1v) is 5.24. The fraction of sp³-hybridized carbons (Fsp3) is 0.900. The van der Waals surface area contributed by atoms with Crippen molar-refractivity contribution in [2.24, 2.45) is 5.73 Å². The average Bonchev–Trinajstić information content (AvgIpc) is 2.40. The number of carbonyl (C=O) groups excluding carboxylic acids is 1. The number of nitrogens with zero attached hydrogens (tertiary/aromatic N) is 1. The minimum atomic E-state index is -0.713. The SMILES string of the molecule is CC1(O)CCN(C(=O)C2(N)CCC2)C1. The Kier molecular flexibility index (Phi) is 2.08. The summed E-state index contributed by atoms with van der Waals surface area (Å²) in [5, 5.41) is 9.74. The third kappa shape index (κ3) is 1.53. The number of likely N-dealkylation sites (tertiary alicyclic amines) is 1. The highest BCUT2D eigenvalue weighted by Crippen LogP contribution is 2.33. The van der Waals surface area contributed by atoms with Crippen LogP contribution in [0.3, 0.4) is 0 Å². The van der Waals surface area contributed by atoms with E-state index >= 15 is 0 Å². The third-order valence-electron chi connectivity index (χ3n) is 3.41. The molecule has 1 heterocycles. The van der Waals surface area contributed by atoms with Gasteiger partial charge in [0.2, 0.25) is 5.91 Å². The molecule has 0 aromatic rings. The van der Waals surface area contributed by atoms with Gasteiger partial charge in [-0.15, -0.1) is 0 Å². The van der Waals surface area contributed by atoms with Crippen LogP contribution in [-0.2, 0) is 4.79 Å². The van der Waals surface area contributed by atoms with E-state index in [0.29, 0.717) is 19.5 Å². The van der Waals surface area contributed by atoms with Gasteiger partial charge in [-0.05, 0) is 32.6 Å². The Labute approximate surface area is 84.1 Å². The maximum Gasteiger partial charge on any atom is 0.242 e. The van der Waals surface area contributed by atoms with Crippen LogP contribution < -0.4 is 5.73 Å². The lowest BCUT2D eigenvalue weighted by Crippen LogP contribution is -2.59. The van der Waals surface area contributed by atoms with E-state index in [1.165, 1.54) is 0 Å². The molecule has 1 aliphatic carbocycles. The normalized spacial score (nSPS) is 35.5. The van der Waals surface area contributed by atoms with Gasteiger partial charge in [-0.25, -0.2) is 0 Å². The second-order valence-electron chi connectivity index (χ2n) is 4.98. The minimum absolute atomic E-state index is 0.0292. The number of β-amino-alcohol motifs (C(OH)–C–C–N with tert-alkyl or cyclic N) is 1. The van der Waals surface area contributed by atoms with Gasteiger partial charge in [0.1, 0.15) is 0 Å². The molecule has 1 saturated carbocycles. The number of rotatable bonds is 1. The average molecular weight is 198 g/mol. The summed E-state index contributed by atoms with van der Waals surface area (Å²) in [6.07, 6.45) is 3.30. The molecular weight excluding hydrogens is 180 g/mol. The third-order valence-corrected chi connectivity index (χ3v) is 3.41. The Balaban J connectivity index is 2.00. The molecule has 1 amide bonds. The monoisotopic (exact) mass is 198 g/mol. The molecule has 2 rings (SSSR count). The van der Waals surface area contributed by atoms with Crippen LogP contribution in [0.25, 0.3) is 0 Å². The van der Waals surface area contributed by atoms with Crippen molar-refractivity contribution in [1.82, 2.24) is 4.90 Å². The molecule has 0 radical (unpaired) electrons. The molecule has 4 heteroatoms. The zero-order valence-electron chi connectivity index (χ0n) is 8.62. The smallest absolute Gasteiger partial charge is 0.242 e. The van der Waals surface area contributed by atoms with Crippen molar-refractivity contribution in [3.05, 3.63) is 0 Å².